The largest absolute Gasteiger partial charge is 0.364 e. The van der Waals surface area contributed by atoms with Gasteiger partial charge in [0.2, 0.25) is 0 Å². The van der Waals surface area contributed by atoms with Gasteiger partial charge in [0.05, 0.1) is 6.54 Å². The van der Waals surface area contributed by atoms with Gasteiger partial charge in [0.25, 0.3) is 6.43 Å². The summed E-state index contributed by atoms with van der Waals surface area (Å²) in [6, 6.07) is 4.88. The van der Waals surface area contributed by atoms with Crippen LogP contribution < -0.4 is 16.6 Å². The average Bonchev–Trinajstić information content (AvgIpc) is 2.15. The van der Waals surface area contributed by atoms with Crippen LogP contribution in [0.1, 0.15) is 0 Å². The molecule has 0 bridgehead atoms. The molecule has 1 aromatic heterocycles. The third-order valence-corrected chi connectivity index (χ3v) is 1.33. The van der Waals surface area contributed by atoms with E-state index >= 15 is 0 Å². The van der Waals surface area contributed by atoms with Crippen LogP contribution >= 0.6 is 0 Å². The molecule has 1 aromatic rings. The molecule has 0 aliphatic carbocycles. The first kappa shape index (κ1) is 9.66. The lowest BCUT2D eigenvalue weighted by Gasteiger charge is -2.05. The second-order valence-electron chi connectivity index (χ2n) is 2.32. The Bertz CT molecular complexity index is 266. The number of rotatable bonds is 4. The van der Waals surface area contributed by atoms with E-state index in [-0.39, 0.29) is 0 Å². The van der Waals surface area contributed by atoms with Gasteiger partial charge in [-0.25, -0.2) is 19.6 Å². The first-order valence-electron chi connectivity index (χ1n) is 3.68. The van der Waals surface area contributed by atoms with E-state index in [1.165, 1.54) is 0 Å². The average molecular weight is 188 g/mol. The van der Waals surface area contributed by atoms with Crippen molar-refractivity contribution in [3.8, 4) is 0 Å². The van der Waals surface area contributed by atoms with E-state index in [4.69, 9.17) is 5.84 Å². The van der Waals surface area contributed by atoms with E-state index in [2.05, 4.69) is 15.7 Å². The number of aromatic nitrogens is 1. The van der Waals surface area contributed by atoms with Gasteiger partial charge in [-0.1, -0.05) is 6.07 Å². The maximum absolute atomic E-state index is 11.8. The molecule has 6 heteroatoms. The van der Waals surface area contributed by atoms with Gasteiger partial charge in [-0.05, 0) is 12.1 Å². The van der Waals surface area contributed by atoms with Gasteiger partial charge in [0.1, 0.15) is 11.6 Å². The number of hydrazine groups is 1. The molecule has 0 radical (unpaired) electrons. The predicted molar refractivity (Wildman–Crippen MR) is 46.5 cm³/mol. The molecule has 0 fully saturated rings. The molecule has 4 nitrogen and oxygen atoms in total. The Hall–Kier alpha value is -1.43. The van der Waals surface area contributed by atoms with Crippen molar-refractivity contribution >= 4 is 11.6 Å². The molecule has 0 amide bonds. The summed E-state index contributed by atoms with van der Waals surface area (Å²) in [5, 5.41) is 2.46. The summed E-state index contributed by atoms with van der Waals surface area (Å²) in [5.41, 5.74) is 2.32. The lowest BCUT2D eigenvalue weighted by molar-refractivity contribution is 0.163. The molecule has 0 aromatic carbocycles. The number of pyridine rings is 1. The molecule has 72 valence electrons. The van der Waals surface area contributed by atoms with Crippen LogP contribution in [0.5, 0.6) is 0 Å². The molecular formula is C7H10F2N4. The van der Waals surface area contributed by atoms with Crippen molar-refractivity contribution in [3.05, 3.63) is 18.2 Å². The monoisotopic (exact) mass is 188 g/mol. The fourth-order valence-corrected chi connectivity index (χ4v) is 0.795. The van der Waals surface area contributed by atoms with E-state index in [0.717, 1.165) is 0 Å². The number of alkyl halides is 2. The number of hydrogen-bond donors (Lipinski definition) is 3. The van der Waals surface area contributed by atoms with E-state index in [1.807, 2.05) is 0 Å². The zero-order valence-electron chi connectivity index (χ0n) is 6.80. The van der Waals surface area contributed by atoms with Crippen molar-refractivity contribution in [3.63, 3.8) is 0 Å². The van der Waals surface area contributed by atoms with Gasteiger partial charge in [-0.15, -0.1) is 0 Å². The molecular weight excluding hydrogens is 178 g/mol. The van der Waals surface area contributed by atoms with Crippen LogP contribution in [-0.2, 0) is 0 Å². The second-order valence-corrected chi connectivity index (χ2v) is 2.32. The van der Waals surface area contributed by atoms with E-state index in [9.17, 15) is 8.78 Å². The highest BCUT2D eigenvalue weighted by molar-refractivity contribution is 5.44. The molecule has 0 aliphatic heterocycles. The SMILES string of the molecule is NNc1cccc(NCC(F)F)n1. The lowest BCUT2D eigenvalue weighted by Crippen LogP contribution is -2.13. The Balaban J connectivity index is 2.56. The highest BCUT2D eigenvalue weighted by Crippen LogP contribution is 2.07. The Morgan fingerprint density at radius 1 is 1.38 bits per heavy atom. The van der Waals surface area contributed by atoms with E-state index in [1.54, 1.807) is 18.2 Å². The quantitative estimate of drug-likeness (QED) is 0.488. The van der Waals surface area contributed by atoms with Gasteiger partial charge >= 0.3 is 0 Å². The number of nitrogen functional groups attached to an aromatic ring is 1. The van der Waals surface area contributed by atoms with Crippen molar-refractivity contribution in [2.45, 2.75) is 6.43 Å². The second kappa shape index (κ2) is 4.56. The molecule has 0 atom stereocenters. The fraction of sp³-hybridized carbons (Fsp3) is 0.286. The standard InChI is InChI=1S/C7H10F2N4/c8-5(9)4-11-6-2-1-3-7(12-6)13-10/h1-3,5H,4,10H2,(H2,11,12,13). The molecule has 0 saturated heterocycles. The van der Waals surface area contributed by atoms with Crippen molar-refractivity contribution < 1.29 is 8.78 Å². The van der Waals surface area contributed by atoms with E-state index < -0.39 is 13.0 Å². The first-order chi connectivity index (χ1) is 6.22. The number of anilines is 2. The summed E-state index contributed by atoms with van der Waals surface area (Å²) in [7, 11) is 0. The van der Waals surface area contributed by atoms with Crippen LogP contribution in [0.2, 0.25) is 0 Å². The molecule has 0 aliphatic rings. The molecule has 4 N–H and O–H groups in total. The molecule has 0 unspecified atom stereocenters. The van der Waals surface area contributed by atoms with Crippen molar-refractivity contribution in [1.29, 1.82) is 0 Å². The van der Waals surface area contributed by atoms with Crippen LogP contribution in [0.15, 0.2) is 18.2 Å². The molecule has 13 heavy (non-hydrogen) atoms. The lowest BCUT2D eigenvalue weighted by atomic mass is 10.4. The number of nitrogens with one attached hydrogen (secondary N) is 2. The van der Waals surface area contributed by atoms with Gasteiger partial charge < -0.3 is 10.7 Å². The van der Waals surface area contributed by atoms with Crippen LogP contribution in [0.3, 0.4) is 0 Å². The minimum absolute atomic E-state index is 0.371. The number of halogens is 2. The Morgan fingerprint density at radius 2 is 2.08 bits per heavy atom. The van der Waals surface area contributed by atoms with Crippen molar-refractivity contribution in [2.24, 2.45) is 5.84 Å². The minimum Gasteiger partial charge on any atom is -0.364 e. The van der Waals surface area contributed by atoms with Gasteiger partial charge in [-0.3, -0.25) is 0 Å². The zero-order chi connectivity index (χ0) is 9.68. The number of nitrogens with zero attached hydrogens (tertiary/aromatic N) is 1. The smallest absolute Gasteiger partial charge is 0.255 e. The summed E-state index contributed by atoms with van der Waals surface area (Å²) in [6.07, 6.45) is -2.39. The molecule has 0 spiro atoms. The topological polar surface area (TPSA) is 63.0 Å². The fourth-order valence-electron chi connectivity index (χ4n) is 0.795. The Kier molecular flexibility index (Phi) is 3.39. The summed E-state index contributed by atoms with van der Waals surface area (Å²) in [5.74, 6) is 5.89. The van der Waals surface area contributed by atoms with Gasteiger partial charge in [-0.2, -0.15) is 0 Å². The minimum atomic E-state index is -2.39. The predicted octanol–water partition coefficient (Wildman–Crippen LogP) is 1.04. The normalized spacial score (nSPS) is 10.2. The highest BCUT2D eigenvalue weighted by Gasteiger charge is 2.02. The van der Waals surface area contributed by atoms with Crippen molar-refractivity contribution in [2.75, 3.05) is 17.3 Å². The summed E-state index contributed by atoms with van der Waals surface area (Å²) in [6.45, 7) is -0.416. The van der Waals surface area contributed by atoms with Crippen molar-refractivity contribution in [1.82, 2.24) is 4.98 Å². The number of nitrogens with two attached hydrogens (primary N) is 1. The first-order valence-corrected chi connectivity index (χ1v) is 3.68. The maximum atomic E-state index is 11.8. The highest BCUT2D eigenvalue weighted by atomic mass is 19.3. The Labute approximate surface area is 74.1 Å². The van der Waals surface area contributed by atoms with Crippen LogP contribution in [0, 0.1) is 0 Å². The Morgan fingerprint density at radius 3 is 2.69 bits per heavy atom. The van der Waals surface area contributed by atoms with E-state index in [0.29, 0.717) is 11.6 Å². The van der Waals surface area contributed by atoms with Gasteiger partial charge in [0, 0.05) is 0 Å². The summed E-state index contributed by atoms with van der Waals surface area (Å²) < 4.78 is 23.5. The number of hydrogen-bond acceptors (Lipinski definition) is 4. The molecule has 1 heterocycles. The van der Waals surface area contributed by atoms with Crippen LogP contribution in [-0.4, -0.2) is 18.0 Å². The maximum Gasteiger partial charge on any atom is 0.255 e. The van der Waals surface area contributed by atoms with Crippen LogP contribution in [0.4, 0.5) is 20.4 Å². The third-order valence-electron chi connectivity index (χ3n) is 1.33. The molecule has 1 rings (SSSR count). The summed E-state index contributed by atoms with van der Waals surface area (Å²) in [4.78, 5) is 3.88. The molecule has 0 saturated carbocycles. The van der Waals surface area contributed by atoms with Crippen LogP contribution in [0.25, 0.3) is 0 Å². The third kappa shape index (κ3) is 3.20. The zero-order valence-corrected chi connectivity index (χ0v) is 6.80. The summed E-state index contributed by atoms with van der Waals surface area (Å²) >= 11 is 0. The van der Waals surface area contributed by atoms with Gasteiger partial charge in [0.15, 0.2) is 0 Å².